The van der Waals surface area contributed by atoms with Crippen molar-refractivity contribution < 1.29 is 23.5 Å². The largest absolute Gasteiger partial charge is 0.497 e. The van der Waals surface area contributed by atoms with Gasteiger partial charge < -0.3 is 9.47 Å². The highest BCUT2D eigenvalue weighted by Crippen LogP contribution is 2.35. The Bertz CT molecular complexity index is 1760. The number of aromatic nitrogens is 3. The first kappa shape index (κ1) is 26.5. The van der Waals surface area contributed by atoms with Crippen LogP contribution in [0.3, 0.4) is 0 Å². The summed E-state index contributed by atoms with van der Waals surface area (Å²) in [7, 11) is 3.13. The highest BCUT2D eigenvalue weighted by Gasteiger charge is 2.31. The summed E-state index contributed by atoms with van der Waals surface area (Å²) in [6.07, 6.45) is 0. The van der Waals surface area contributed by atoms with E-state index in [1.54, 1.807) is 38.5 Å². The van der Waals surface area contributed by atoms with E-state index in [9.17, 15) is 14.9 Å². The molecule has 0 atom stereocenters. The molecule has 5 rings (SSSR count). The average molecular weight is 552 g/mol. The van der Waals surface area contributed by atoms with Gasteiger partial charge in [-0.25, -0.2) is 9.78 Å². The minimum Gasteiger partial charge on any atom is -0.497 e. The first-order valence-corrected chi connectivity index (χ1v) is 13.1. The van der Waals surface area contributed by atoms with Crippen LogP contribution in [-0.2, 0) is 0 Å². The maximum Gasteiger partial charge on any atom is 0.438 e. The van der Waals surface area contributed by atoms with Gasteiger partial charge in [-0.2, -0.15) is 5.26 Å². The zero-order valence-corrected chi connectivity index (χ0v) is 22.4. The predicted molar refractivity (Wildman–Crippen MR) is 149 cm³/mol. The molecule has 0 unspecified atom stereocenters. The average Bonchev–Trinajstić information content (AvgIpc) is 3.41. The number of nitrogens with one attached hydrogen (secondary N) is 1. The number of pyridine rings is 1. The number of thioether (sulfide) groups is 1. The summed E-state index contributed by atoms with van der Waals surface area (Å²) in [4.78, 5) is 30.6. The van der Waals surface area contributed by atoms with Crippen LogP contribution in [0.2, 0.25) is 0 Å². The van der Waals surface area contributed by atoms with Crippen LogP contribution in [0.1, 0.15) is 16.1 Å². The Morgan fingerprint density at radius 2 is 1.62 bits per heavy atom. The molecule has 40 heavy (non-hydrogen) atoms. The van der Waals surface area contributed by atoms with Crippen LogP contribution in [0, 0.1) is 11.3 Å². The smallest absolute Gasteiger partial charge is 0.438 e. The Morgan fingerprint density at radius 1 is 0.975 bits per heavy atom. The number of nitriles is 1. The van der Waals surface area contributed by atoms with Gasteiger partial charge in [-0.3, -0.25) is 9.32 Å². The highest BCUT2D eigenvalue weighted by molar-refractivity contribution is 8.00. The molecule has 0 spiro atoms. The molecule has 2 heterocycles. The third-order valence-corrected chi connectivity index (χ3v) is 7.13. The van der Waals surface area contributed by atoms with E-state index in [4.69, 9.17) is 19.0 Å². The number of ketones is 1. The molecule has 1 N–H and O–H groups in total. The van der Waals surface area contributed by atoms with E-state index in [0.717, 1.165) is 22.9 Å². The third-order valence-electron chi connectivity index (χ3n) is 6.15. The number of carbonyl (C=O) groups excluding carboxylic acids is 1. The number of methoxy groups -OCH3 is 2. The van der Waals surface area contributed by atoms with E-state index in [2.05, 4.69) is 11.3 Å². The van der Waals surface area contributed by atoms with Crippen LogP contribution in [-0.4, -0.2) is 36.0 Å². The number of nitrogens with zero attached hydrogens (tertiary/aromatic N) is 3. The van der Waals surface area contributed by atoms with Crippen LogP contribution in [0.25, 0.3) is 28.1 Å². The first-order valence-electron chi connectivity index (χ1n) is 12.1. The molecule has 0 radical (unpaired) electrons. The van der Waals surface area contributed by atoms with E-state index >= 15 is 0 Å². The second-order valence-corrected chi connectivity index (χ2v) is 9.48. The summed E-state index contributed by atoms with van der Waals surface area (Å²) >= 11 is 1.09. The summed E-state index contributed by atoms with van der Waals surface area (Å²) < 4.78 is 16.7. The van der Waals surface area contributed by atoms with Gasteiger partial charge in [0.1, 0.15) is 22.6 Å². The maximum atomic E-state index is 13.3. The minimum atomic E-state index is -0.799. The number of H-pyrrole nitrogens is 1. The summed E-state index contributed by atoms with van der Waals surface area (Å²) in [6, 6.07) is 27.8. The van der Waals surface area contributed by atoms with E-state index in [1.165, 1.54) is 4.68 Å². The molecular formula is C30H23N4O5S+. The highest BCUT2D eigenvalue weighted by atomic mass is 32.2. The fourth-order valence-electron chi connectivity index (χ4n) is 4.12. The summed E-state index contributed by atoms with van der Waals surface area (Å²) in [6.45, 7) is 0. The van der Waals surface area contributed by atoms with Crippen molar-refractivity contribution >= 4 is 17.5 Å². The molecule has 0 fully saturated rings. The first-order chi connectivity index (χ1) is 19.5. The summed E-state index contributed by atoms with van der Waals surface area (Å²) in [5.74, 6) is 0.674. The van der Waals surface area contributed by atoms with Gasteiger partial charge in [0.15, 0.2) is 0 Å². The Kier molecular flexibility index (Phi) is 7.75. The van der Waals surface area contributed by atoms with Crippen LogP contribution in [0.15, 0.2) is 99.3 Å². The van der Waals surface area contributed by atoms with Crippen molar-refractivity contribution in [3.63, 3.8) is 0 Å². The van der Waals surface area contributed by atoms with Gasteiger partial charge in [0, 0.05) is 23.3 Å². The number of ether oxygens (including phenoxy) is 2. The van der Waals surface area contributed by atoms with E-state index in [1.807, 2.05) is 60.7 Å². The number of benzene rings is 3. The Balaban J connectivity index is 1.52. The third kappa shape index (κ3) is 5.36. The van der Waals surface area contributed by atoms with Gasteiger partial charge in [-0.15, -0.1) is 0 Å². The van der Waals surface area contributed by atoms with Crippen LogP contribution in [0.4, 0.5) is 0 Å². The van der Waals surface area contributed by atoms with Crippen molar-refractivity contribution in [2.45, 2.75) is 5.03 Å². The topological polar surface area (TPSA) is 122 Å². The molecule has 10 heteroatoms. The van der Waals surface area contributed by atoms with Crippen molar-refractivity contribution in [3.05, 3.63) is 107 Å². The molecule has 0 aliphatic carbocycles. The number of carbonyl (C=O) groups is 1. The normalized spacial score (nSPS) is 10.6. The SMILES string of the molecule is COc1ccc(-c2cc(-c3ccccc3)nc(SCC(=O)c3c(=O)o[nH][n+]3-c3ccc(OC)cc3)c2C#N)cc1. The molecule has 2 aromatic heterocycles. The second kappa shape index (κ2) is 11.7. The van der Waals surface area contributed by atoms with E-state index in [-0.39, 0.29) is 11.4 Å². The van der Waals surface area contributed by atoms with Crippen molar-refractivity contribution in [1.29, 1.82) is 5.26 Å². The zero-order valence-electron chi connectivity index (χ0n) is 21.6. The monoisotopic (exact) mass is 551 g/mol. The van der Waals surface area contributed by atoms with Gasteiger partial charge >= 0.3 is 11.3 Å². The number of aromatic amines is 1. The molecule has 0 aliphatic heterocycles. The lowest BCUT2D eigenvalue weighted by Crippen LogP contribution is -2.41. The number of hydrogen-bond donors (Lipinski definition) is 1. The van der Waals surface area contributed by atoms with E-state index < -0.39 is 11.4 Å². The standard InChI is InChI=1S/C30H22N4O5S/c1-37-22-12-8-19(9-13-22)24-16-26(20-6-4-3-5-7-20)32-29(25(24)17-31)40-18-27(35)28-30(36)39-33-34(28)21-10-14-23(38-2)15-11-21/h3-16H,18H2,1-2H3/p+1. The quantitative estimate of drug-likeness (QED) is 0.157. The van der Waals surface area contributed by atoms with Gasteiger partial charge in [-0.05, 0) is 45.8 Å². The van der Waals surface area contributed by atoms with Crippen LogP contribution in [0.5, 0.6) is 11.5 Å². The minimum absolute atomic E-state index is 0.152. The van der Waals surface area contributed by atoms with Crippen molar-refractivity contribution in [2.24, 2.45) is 0 Å². The lowest BCUT2D eigenvalue weighted by atomic mass is 9.99. The number of Topliss-reactive ketones (excluding diaryl/α,β-unsaturated/α-hetero) is 1. The molecule has 0 saturated carbocycles. The van der Waals surface area contributed by atoms with Crippen molar-refractivity contribution in [3.8, 4) is 45.6 Å². The Labute approximate surface area is 233 Å². The molecular weight excluding hydrogens is 528 g/mol. The Morgan fingerprint density at radius 3 is 2.25 bits per heavy atom. The lowest BCUT2D eigenvalue weighted by molar-refractivity contribution is -0.672. The summed E-state index contributed by atoms with van der Waals surface area (Å²) in [5.41, 5.74) is 2.85. The van der Waals surface area contributed by atoms with Crippen molar-refractivity contribution in [2.75, 3.05) is 20.0 Å². The lowest BCUT2D eigenvalue weighted by Gasteiger charge is -2.12. The fourth-order valence-corrected chi connectivity index (χ4v) is 4.98. The van der Waals surface area contributed by atoms with Gasteiger partial charge in [0.25, 0.3) is 0 Å². The summed E-state index contributed by atoms with van der Waals surface area (Å²) in [5, 5.41) is 13.0. The van der Waals surface area contributed by atoms with Crippen LogP contribution < -0.4 is 19.8 Å². The number of hydrogen-bond acceptors (Lipinski definition) is 8. The maximum absolute atomic E-state index is 13.3. The second-order valence-electron chi connectivity index (χ2n) is 8.52. The predicted octanol–water partition coefficient (Wildman–Crippen LogP) is 4.84. The molecule has 9 nitrogen and oxygen atoms in total. The molecule has 0 amide bonds. The van der Waals surface area contributed by atoms with Crippen LogP contribution >= 0.6 is 11.8 Å². The van der Waals surface area contributed by atoms with Crippen molar-refractivity contribution in [1.82, 2.24) is 10.3 Å². The molecule has 3 aromatic carbocycles. The molecule has 0 saturated heterocycles. The zero-order chi connectivity index (χ0) is 28.1. The molecule has 0 bridgehead atoms. The van der Waals surface area contributed by atoms with E-state index in [0.29, 0.717) is 39.0 Å². The molecule has 0 aliphatic rings. The van der Waals surface area contributed by atoms with Gasteiger partial charge in [-0.1, -0.05) is 54.2 Å². The van der Waals surface area contributed by atoms with Gasteiger partial charge in [0.05, 0.1) is 31.2 Å². The fraction of sp³-hybridized carbons (Fsp3) is 0.100. The molecule has 198 valence electrons. The Hall–Kier alpha value is -5.14. The molecule has 5 aromatic rings. The number of rotatable bonds is 9. The van der Waals surface area contributed by atoms with Gasteiger partial charge in [0.2, 0.25) is 11.5 Å².